The van der Waals surface area contributed by atoms with E-state index in [4.69, 9.17) is 10.9 Å². The van der Waals surface area contributed by atoms with Gasteiger partial charge >= 0.3 is 0 Å². The first-order chi connectivity index (χ1) is 9.01. The topological polar surface area (TPSA) is 58.6 Å². The molecule has 1 rings (SSSR count). The van der Waals surface area contributed by atoms with Crippen LogP contribution < -0.4 is 5.73 Å². The fraction of sp³-hybridized carbons (Fsp3) is 0.500. The van der Waals surface area contributed by atoms with Crippen LogP contribution in [0.1, 0.15) is 33.3 Å². The number of hydrogen-bond donors (Lipinski definition) is 2. The molecule has 0 aliphatic rings. The Morgan fingerprint density at radius 1 is 1.32 bits per heavy atom. The van der Waals surface area contributed by atoms with Crippen molar-refractivity contribution < 1.29 is 5.21 Å². The van der Waals surface area contributed by atoms with Crippen LogP contribution in [0.2, 0.25) is 0 Å². The maximum absolute atomic E-state index is 8.99. The molecule has 0 saturated carbocycles. The number of hydrogen-bond acceptors (Lipinski definition) is 4. The fourth-order valence-corrected chi connectivity index (χ4v) is 3.60. The molecule has 1 aromatic carbocycles. The van der Waals surface area contributed by atoms with Crippen LogP contribution in [-0.4, -0.2) is 22.0 Å². The number of rotatable bonds is 6. The molecule has 1 aromatic rings. The number of thioether (sulfide) groups is 2. The summed E-state index contributed by atoms with van der Waals surface area (Å²) in [5.41, 5.74) is 6.71. The summed E-state index contributed by atoms with van der Waals surface area (Å²) in [5.74, 6) is 1.72. The Hall–Kier alpha value is -0.810. The van der Waals surface area contributed by atoms with Gasteiger partial charge in [0.25, 0.3) is 0 Å². The van der Waals surface area contributed by atoms with Gasteiger partial charge in [-0.3, -0.25) is 0 Å². The Morgan fingerprint density at radius 3 is 2.47 bits per heavy atom. The number of benzene rings is 1. The van der Waals surface area contributed by atoms with Gasteiger partial charge in [-0.1, -0.05) is 38.9 Å². The van der Waals surface area contributed by atoms with Gasteiger partial charge in [-0.15, -0.1) is 23.5 Å². The van der Waals surface area contributed by atoms with Gasteiger partial charge in [0.05, 0.1) is 0 Å². The third kappa shape index (κ3) is 4.35. The lowest BCUT2D eigenvalue weighted by Crippen LogP contribution is -2.16. The largest absolute Gasteiger partial charge is 0.409 e. The molecule has 0 aliphatic heterocycles. The van der Waals surface area contributed by atoms with Crippen LogP contribution in [0.5, 0.6) is 0 Å². The van der Waals surface area contributed by atoms with Gasteiger partial charge in [-0.2, -0.15) is 0 Å². The summed E-state index contributed by atoms with van der Waals surface area (Å²) in [6.07, 6.45) is 0. The molecule has 0 aliphatic carbocycles. The van der Waals surface area contributed by atoms with Crippen molar-refractivity contribution in [3.05, 3.63) is 23.8 Å². The average Bonchev–Trinajstić information content (AvgIpc) is 2.38. The molecule has 5 heteroatoms. The second-order valence-corrected chi connectivity index (χ2v) is 7.34. The molecule has 0 saturated heterocycles. The number of oxime groups is 1. The van der Waals surface area contributed by atoms with Crippen LogP contribution >= 0.6 is 23.5 Å². The molecular formula is C14H22N2OS2. The zero-order chi connectivity index (χ0) is 14.4. The molecule has 0 spiro atoms. The van der Waals surface area contributed by atoms with E-state index >= 15 is 0 Å². The highest BCUT2D eigenvalue weighted by Crippen LogP contribution is 2.35. The summed E-state index contributed by atoms with van der Waals surface area (Å²) in [7, 11) is 0. The Labute approximate surface area is 124 Å². The highest BCUT2D eigenvalue weighted by molar-refractivity contribution is 8.00. The summed E-state index contributed by atoms with van der Waals surface area (Å²) in [4.78, 5) is 2.15. The van der Waals surface area contributed by atoms with Crippen LogP contribution in [-0.2, 0) is 0 Å². The Kier molecular flexibility index (Phi) is 6.58. The Balaban J connectivity index is 3.19. The first-order valence-electron chi connectivity index (χ1n) is 6.41. The summed E-state index contributed by atoms with van der Waals surface area (Å²) in [6, 6.07) is 6.09. The van der Waals surface area contributed by atoms with Crippen molar-refractivity contribution in [3.8, 4) is 0 Å². The van der Waals surface area contributed by atoms with Crippen molar-refractivity contribution in [2.75, 3.05) is 5.75 Å². The van der Waals surface area contributed by atoms with Gasteiger partial charge in [0.15, 0.2) is 5.84 Å². The van der Waals surface area contributed by atoms with E-state index in [-0.39, 0.29) is 5.84 Å². The van der Waals surface area contributed by atoms with E-state index < -0.39 is 0 Å². The van der Waals surface area contributed by atoms with Gasteiger partial charge in [0.2, 0.25) is 0 Å². The van der Waals surface area contributed by atoms with Gasteiger partial charge in [-0.05, 0) is 23.8 Å². The normalized spacial score (nSPS) is 13.8. The van der Waals surface area contributed by atoms with Gasteiger partial charge in [0, 0.05) is 20.6 Å². The molecule has 0 heterocycles. The van der Waals surface area contributed by atoms with E-state index in [1.54, 1.807) is 23.5 Å². The van der Waals surface area contributed by atoms with E-state index in [1.165, 1.54) is 0 Å². The molecule has 106 valence electrons. The Bertz CT molecular complexity index is 447. The van der Waals surface area contributed by atoms with Crippen molar-refractivity contribution in [2.45, 2.75) is 42.7 Å². The SMILES string of the molecule is CCSc1cccc(SC(C)C(C)C)c1/C(N)=N/O. The number of nitrogens with zero attached hydrogens (tertiary/aromatic N) is 1. The van der Waals surface area contributed by atoms with Crippen molar-refractivity contribution in [2.24, 2.45) is 16.8 Å². The maximum Gasteiger partial charge on any atom is 0.172 e. The van der Waals surface area contributed by atoms with Crippen LogP contribution in [0, 0.1) is 5.92 Å². The van der Waals surface area contributed by atoms with Crippen molar-refractivity contribution >= 4 is 29.4 Å². The minimum Gasteiger partial charge on any atom is -0.409 e. The quantitative estimate of drug-likeness (QED) is 0.274. The molecule has 0 aromatic heterocycles. The second-order valence-electron chi connectivity index (χ2n) is 4.61. The lowest BCUT2D eigenvalue weighted by molar-refractivity contribution is 0.318. The van der Waals surface area contributed by atoms with Crippen molar-refractivity contribution in [1.82, 2.24) is 0 Å². The summed E-state index contributed by atoms with van der Waals surface area (Å²) < 4.78 is 0. The van der Waals surface area contributed by atoms with Crippen molar-refractivity contribution in [3.63, 3.8) is 0 Å². The van der Waals surface area contributed by atoms with Crippen LogP contribution in [0.25, 0.3) is 0 Å². The number of amidine groups is 1. The lowest BCUT2D eigenvalue weighted by atomic mass is 10.1. The minimum atomic E-state index is 0.190. The van der Waals surface area contributed by atoms with E-state index in [2.05, 4.69) is 32.9 Å². The summed E-state index contributed by atoms with van der Waals surface area (Å²) >= 11 is 3.49. The first kappa shape index (κ1) is 16.2. The zero-order valence-electron chi connectivity index (χ0n) is 11.9. The second kappa shape index (κ2) is 7.70. The smallest absolute Gasteiger partial charge is 0.172 e. The molecule has 0 amide bonds. The average molecular weight is 298 g/mol. The molecule has 0 fully saturated rings. The number of nitrogens with two attached hydrogens (primary N) is 1. The van der Waals surface area contributed by atoms with E-state index in [1.807, 2.05) is 18.2 Å². The standard InChI is InChI=1S/C14H22N2OS2/c1-5-18-11-7-6-8-12(13(11)14(15)16-17)19-10(4)9(2)3/h6-10,17H,5H2,1-4H3,(H2,15,16). The minimum absolute atomic E-state index is 0.190. The maximum atomic E-state index is 8.99. The van der Waals surface area contributed by atoms with E-state index in [0.717, 1.165) is 21.1 Å². The third-order valence-corrected chi connectivity index (χ3v) is 5.35. The lowest BCUT2D eigenvalue weighted by Gasteiger charge is -2.18. The predicted molar refractivity (Wildman–Crippen MR) is 85.5 cm³/mol. The van der Waals surface area contributed by atoms with Crippen LogP contribution in [0.3, 0.4) is 0 Å². The summed E-state index contributed by atoms with van der Waals surface area (Å²) in [6.45, 7) is 8.69. The van der Waals surface area contributed by atoms with Gasteiger partial charge in [0.1, 0.15) is 0 Å². The highest BCUT2D eigenvalue weighted by Gasteiger charge is 2.17. The van der Waals surface area contributed by atoms with Crippen molar-refractivity contribution in [1.29, 1.82) is 0 Å². The third-order valence-electron chi connectivity index (χ3n) is 2.90. The van der Waals surface area contributed by atoms with Gasteiger partial charge in [-0.25, -0.2) is 0 Å². The monoisotopic (exact) mass is 298 g/mol. The van der Waals surface area contributed by atoms with Crippen LogP contribution in [0.4, 0.5) is 0 Å². The predicted octanol–water partition coefficient (Wildman–Crippen LogP) is 4.03. The zero-order valence-corrected chi connectivity index (χ0v) is 13.5. The summed E-state index contributed by atoms with van der Waals surface area (Å²) in [5, 5.41) is 12.7. The molecular weight excluding hydrogens is 276 g/mol. The van der Waals surface area contributed by atoms with E-state index in [0.29, 0.717) is 11.2 Å². The molecule has 0 bridgehead atoms. The fourth-order valence-electron chi connectivity index (χ4n) is 1.52. The first-order valence-corrected chi connectivity index (χ1v) is 8.28. The van der Waals surface area contributed by atoms with Crippen LogP contribution in [0.15, 0.2) is 33.1 Å². The molecule has 3 N–H and O–H groups in total. The Morgan fingerprint density at radius 2 is 1.95 bits per heavy atom. The molecule has 1 atom stereocenters. The molecule has 19 heavy (non-hydrogen) atoms. The molecule has 0 radical (unpaired) electrons. The molecule has 3 nitrogen and oxygen atoms in total. The van der Waals surface area contributed by atoms with E-state index in [9.17, 15) is 0 Å². The highest BCUT2D eigenvalue weighted by atomic mass is 32.2. The van der Waals surface area contributed by atoms with Gasteiger partial charge < -0.3 is 10.9 Å². The molecule has 1 unspecified atom stereocenters.